The average molecular weight is 318 g/mol. The van der Waals surface area contributed by atoms with Crippen LogP contribution < -0.4 is 11.1 Å². The van der Waals surface area contributed by atoms with Crippen molar-refractivity contribution in [3.05, 3.63) is 71.0 Å². The fraction of sp³-hybridized carbons (Fsp3) is 0.158. The van der Waals surface area contributed by atoms with Gasteiger partial charge in [0.05, 0.1) is 12.2 Å². The van der Waals surface area contributed by atoms with Crippen molar-refractivity contribution in [2.75, 3.05) is 12.3 Å². The summed E-state index contributed by atoms with van der Waals surface area (Å²) in [5.74, 6) is 0.599. The molecule has 24 heavy (non-hydrogen) atoms. The van der Waals surface area contributed by atoms with Gasteiger partial charge >= 0.3 is 0 Å². The summed E-state index contributed by atoms with van der Waals surface area (Å²) in [7, 11) is 0. The second kappa shape index (κ2) is 5.94. The normalized spacial score (nSPS) is 13.8. The Labute approximate surface area is 139 Å². The van der Waals surface area contributed by atoms with E-state index >= 15 is 0 Å². The van der Waals surface area contributed by atoms with E-state index in [1.165, 1.54) is 5.56 Å². The van der Waals surface area contributed by atoms with Crippen molar-refractivity contribution in [3.63, 3.8) is 0 Å². The molecule has 5 heteroatoms. The lowest BCUT2D eigenvalue weighted by Gasteiger charge is -2.13. The number of anilines is 1. The van der Waals surface area contributed by atoms with Gasteiger partial charge in [-0.3, -0.25) is 4.79 Å². The Bertz CT molecular complexity index is 899. The van der Waals surface area contributed by atoms with Crippen LogP contribution in [0, 0.1) is 0 Å². The van der Waals surface area contributed by atoms with Gasteiger partial charge in [0, 0.05) is 36.0 Å². The number of nitrogen functional groups attached to an aromatic ring is 1. The van der Waals surface area contributed by atoms with Crippen LogP contribution in [0.15, 0.2) is 48.7 Å². The predicted molar refractivity (Wildman–Crippen MR) is 93.7 cm³/mol. The van der Waals surface area contributed by atoms with E-state index in [0.717, 1.165) is 28.1 Å². The van der Waals surface area contributed by atoms with Crippen molar-refractivity contribution in [1.82, 2.24) is 15.3 Å². The van der Waals surface area contributed by atoms with Gasteiger partial charge in [0.15, 0.2) is 5.78 Å². The van der Waals surface area contributed by atoms with Crippen LogP contribution in [0.3, 0.4) is 0 Å². The Kier molecular flexibility index (Phi) is 3.63. The molecule has 3 aromatic rings. The molecule has 120 valence electrons. The van der Waals surface area contributed by atoms with Gasteiger partial charge in [0.2, 0.25) is 0 Å². The molecule has 0 saturated carbocycles. The van der Waals surface area contributed by atoms with E-state index in [1.54, 1.807) is 6.20 Å². The smallest absolute Gasteiger partial charge is 0.178 e. The van der Waals surface area contributed by atoms with Crippen molar-refractivity contribution in [1.29, 1.82) is 0 Å². The summed E-state index contributed by atoms with van der Waals surface area (Å²) in [5.41, 5.74) is 11.7. The summed E-state index contributed by atoms with van der Waals surface area (Å²) >= 11 is 0. The molecule has 0 radical (unpaired) electrons. The number of nitrogens with zero attached hydrogens (tertiary/aromatic N) is 1. The first-order valence-electron chi connectivity index (χ1n) is 7.96. The van der Waals surface area contributed by atoms with Crippen molar-refractivity contribution in [2.24, 2.45) is 0 Å². The first-order chi connectivity index (χ1) is 11.7. The van der Waals surface area contributed by atoms with Crippen LogP contribution in [0.2, 0.25) is 0 Å². The van der Waals surface area contributed by atoms with Crippen LogP contribution in [-0.2, 0) is 13.0 Å². The number of carbonyl (C=O) groups is 1. The van der Waals surface area contributed by atoms with Crippen LogP contribution in [-0.4, -0.2) is 22.3 Å². The second-order valence-electron chi connectivity index (χ2n) is 5.99. The molecule has 0 fully saturated rings. The molecular formula is C19H18N4O. The van der Waals surface area contributed by atoms with Gasteiger partial charge in [-0.25, -0.2) is 4.98 Å². The molecule has 0 amide bonds. The Morgan fingerprint density at radius 2 is 1.96 bits per heavy atom. The van der Waals surface area contributed by atoms with E-state index in [0.29, 0.717) is 25.3 Å². The highest BCUT2D eigenvalue weighted by molar-refractivity contribution is 6.03. The zero-order chi connectivity index (χ0) is 16.5. The van der Waals surface area contributed by atoms with E-state index in [1.807, 2.05) is 30.3 Å². The maximum Gasteiger partial charge on any atom is 0.178 e. The van der Waals surface area contributed by atoms with Crippen molar-refractivity contribution in [3.8, 4) is 11.3 Å². The monoisotopic (exact) mass is 318 g/mol. The molecule has 2 aromatic heterocycles. The number of fused-ring (bicyclic) bond motifs is 1. The summed E-state index contributed by atoms with van der Waals surface area (Å²) in [6.07, 6.45) is 2.40. The fourth-order valence-corrected chi connectivity index (χ4v) is 3.28. The molecule has 0 spiro atoms. The van der Waals surface area contributed by atoms with Crippen LogP contribution in [0.4, 0.5) is 5.82 Å². The van der Waals surface area contributed by atoms with Gasteiger partial charge in [0.1, 0.15) is 5.82 Å². The number of H-pyrrole nitrogens is 1. The standard InChI is InChI=1S/C19H18N4O/c20-17-9-13(6-7-22-17)19-14(8-12-4-2-1-3-5-12)18-15(23-19)10-21-11-16(18)24/h1-7,9,21,23H,8,10-11H2,(H2,20,22). The SMILES string of the molecule is Nc1cc(-c2[nH]c3c(c2Cc2ccccc2)C(=O)CNC3)ccn1. The summed E-state index contributed by atoms with van der Waals surface area (Å²) in [6, 6.07) is 13.9. The highest BCUT2D eigenvalue weighted by atomic mass is 16.1. The van der Waals surface area contributed by atoms with E-state index in [9.17, 15) is 4.79 Å². The number of aromatic nitrogens is 2. The number of ketones is 1. The minimum absolute atomic E-state index is 0.131. The van der Waals surface area contributed by atoms with Crippen LogP contribution in [0.5, 0.6) is 0 Å². The van der Waals surface area contributed by atoms with Gasteiger partial charge in [-0.2, -0.15) is 0 Å². The van der Waals surface area contributed by atoms with Gasteiger partial charge in [-0.05, 0) is 23.3 Å². The van der Waals surface area contributed by atoms with E-state index in [4.69, 9.17) is 5.73 Å². The highest BCUT2D eigenvalue weighted by Gasteiger charge is 2.26. The van der Waals surface area contributed by atoms with Crippen molar-refractivity contribution < 1.29 is 4.79 Å². The van der Waals surface area contributed by atoms with Crippen LogP contribution >= 0.6 is 0 Å². The summed E-state index contributed by atoms with van der Waals surface area (Å²) < 4.78 is 0. The number of aromatic amines is 1. The Balaban J connectivity index is 1.88. The fourth-order valence-electron chi connectivity index (χ4n) is 3.28. The van der Waals surface area contributed by atoms with Gasteiger partial charge in [0.25, 0.3) is 0 Å². The molecule has 0 saturated heterocycles. The molecule has 0 atom stereocenters. The van der Waals surface area contributed by atoms with Gasteiger partial charge in [-0.15, -0.1) is 0 Å². The van der Waals surface area contributed by atoms with Crippen molar-refractivity contribution in [2.45, 2.75) is 13.0 Å². The maximum atomic E-state index is 12.5. The quantitative estimate of drug-likeness (QED) is 0.693. The summed E-state index contributed by atoms with van der Waals surface area (Å²) in [6.45, 7) is 1.05. The molecule has 5 nitrogen and oxygen atoms in total. The predicted octanol–water partition coefficient (Wildman–Crippen LogP) is 2.54. The largest absolute Gasteiger partial charge is 0.384 e. The molecule has 4 rings (SSSR count). The molecular weight excluding hydrogens is 300 g/mol. The zero-order valence-electron chi connectivity index (χ0n) is 13.2. The lowest BCUT2D eigenvalue weighted by atomic mass is 9.94. The number of rotatable bonds is 3. The lowest BCUT2D eigenvalue weighted by molar-refractivity contribution is 0.0981. The molecule has 1 aliphatic rings. The maximum absolute atomic E-state index is 12.5. The molecule has 3 heterocycles. The van der Waals surface area contributed by atoms with Gasteiger partial charge < -0.3 is 16.0 Å². The first-order valence-corrected chi connectivity index (χ1v) is 7.96. The number of hydrogen-bond donors (Lipinski definition) is 3. The lowest BCUT2D eigenvalue weighted by Crippen LogP contribution is -2.29. The third kappa shape index (κ3) is 2.59. The van der Waals surface area contributed by atoms with E-state index in [-0.39, 0.29) is 5.78 Å². The molecule has 0 bridgehead atoms. The summed E-state index contributed by atoms with van der Waals surface area (Å²) in [5, 5.41) is 3.14. The Hall–Kier alpha value is -2.92. The molecule has 0 unspecified atom stereocenters. The van der Waals surface area contributed by atoms with Crippen molar-refractivity contribution >= 4 is 11.6 Å². The first kappa shape index (κ1) is 14.7. The number of pyridine rings is 1. The topological polar surface area (TPSA) is 83.8 Å². The number of nitrogens with one attached hydrogen (secondary N) is 2. The summed E-state index contributed by atoms with van der Waals surface area (Å²) in [4.78, 5) is 20.0. The third-order valence-electron chi connectivity index (χ3n) is 4.34. The molecule has 1 aromatic carbocycles. The minimum atomic E-state index is 0.131. The molecule has 4 N–H and O–H groups in total. The second-order valence-corrected chi connectivity index (χ2v) is 5.99. The zero-order valence-corrected chi connectivity index (χ0v) is 13.2. The number of nitrogens with two attached hydrogens (primary N) is 1. The molecule has 0 aliphatic carbocycles. The number of benzene rings is 1. The minimum Gasteiger partial charge on any atom is -0.384 e. The van der Waals surface area contributed by atoms with E-state index in [2.05, 4.69) is 27.4 Å². The number of hydrogen-bond acceptors (Lipinski definition) is 4. The van der Waals surface area contributed by atoms with Crippen LogP contribution in [0.25, 0.3) is 11.3 Å². The average Bonchev–Trinajstić information content (AvgIpc) is 2.96. The van der Waals surface area contributed by atoms with E-state index < -0.39 is 0 Å². The number of Topliss-reactive ketones (excluding diaryl/α,β-unsaturated/α-hetero) is 1. The number of carbonyl (C=O) groups excluding carboxylic acids is 1. The Morgan fingerprint density at radius 3 is 2.75 bits per heavy atom. The third-order valence-corrected chi connectivity index (χ3v) is 4.34. The molecule has 1 aliphatic heterocycles. The van der Waals surface area contributed by atoms with Gasteiger partial charge in [-0.1, -0.05) is 30.3 Å². The van der Waals surface area contributed by atoms with Crippen LogP contribution in [0.1, 0.15) is 27.2 Å². The highest BCUT2D eigenvalue weighted by Crippen LogP contribution is 2.32. The Morgan fingerprint density at radius 1 is 1.12 bits per heavy atom.